The Morgan fingerprint density at radius 2 is 2.18 bits per heavy atom. The molecule has 1 aromatic heterocycles. The summed E-state index contributed by atoms with van der Waals surface area (Å²) in [5.74, 6) is -0.268. The molecule has 7 nitrogen and oxygen atoms in total. The molecule has 0 bridgehead atoms. The largest absolute Gasteiger partial charge is 0.368 e. The van der Waals surface area contributed by atoms with Gasteiger partial charge in [-0.25, -0.2) is 5.48 Å². The normalized spacial score (nSPS) is 10.2. The van der Waals surface area contributed by atoms with E-state index in [1.165, 1.54) is 0 Å². The average Bonchev–Trinajstić information content (AvgIpc) is 2.55. The number of aromatic nitrogens is 1. The van der Waals surface area contributed by atoms with Gasteiger partial charge in [-0.1, -0.05) is 5.16 Å². The Bertz CT molecular complexity index is 394. The van der Waals surface area contributed by atoms with Crippen molar-refractivity contribution in [3.63, 3.8) is 0 Å². The van der Waals surface area contributed by atoms with Gasteiger partial charge in [0.2, 0.25) is 11.8 Å². The number of nitrogens with two attached hydrogens (primary N) is 1. The number of carbonyl (C=O) groups is 2. The molecule has 0 aromatic carbocycles. The molecule has 1 heterocycles. The van der Waals surface area contributed by atoms with Crippen LogP contribution in [0.2, 0.25) is 0 Å². The molecule has 7 heteroatoms. The lowest BCUT2D eigenvalue weighted by Gasteiger charge is -2.03. The van der Waals surface area contributed by atoms with Gasteiger partial charge in [0.15, 0.2) is 6.61 Å². The van der Waals surface area contributed by atoms with Crippen LogP contribution in [0.5, 0.6) is 0 Å². The summed E-state index contributed by atoms with van der Waals surface area (Å²) >= 11 is 0. The summed E-state index contributed by atoms with van der Waals surface area (Å²) in [5.41, 5.74) is 8.64. The highest BCUT2D eigenvalue weighted by atomic mass is 16.7. The van der Waals surface area contributed by atoms with Crippen LogP contribution in [0, 0.1) is 13.8 Å². The summed E-state index contributed by atoms with van der Waals surface area (Å²) in [6, 6.07) is 0. The zero-order valence-electron chi connectivity index (χ0n) is 9.78. The number of aryl methyl sites for hydroxylation is 2. The number of nitrogens with zero attached hydrogens (tertiary/aromatic N) is 1. The summed E-state index contributed by atoms with van der Waals surface area (Å²) in [5, 5.41) is 3.78. The summed E-state index contributed by atoms with van der Waals surface area (Å²) in [6.07, 6.45) is 0.731. The Morgan fingerprint density at radius 3 is 2.71 bits per heavy atom. The van der Waals surface area contributed by atoms with E-state index >= 15 is 0 Å². The molecular formula is C10H15N3O4. The van der Waals surface area contributed by atoms with Gasteiger partial charge in [-0.05, 0) is 20.3 Å². The van der Waals surface area contributed by atoms with Crippen molar-refractivity contribution in [2.45, 2.75) is 26.7 Å². The average molecular weight is 241 g/mol. The summed E-state index contributed by atoms with van der Waals surface area (Å²) in [6.45, 7) is 3.27. The number of amides is 2. The number of primary amides is 1. The molecule has 0 fully saturated rings. The fourth-order valence-corrected chi connectivity index (χ4v) is 1.34. The minimum absolute atomic E-state index is 0.224. The number of carbonyl (C=O) groups excluding carboxylic acids is 2. The first kappa shape index (κ1) is 13.2. The Morgan fingerprint density at radius 1 is 1.47 bits per heavy atom. The van der Waals surface area contributed by atoms with Crippen LogP contribution in [-0.4, -0.2) is 23.6 Å². The highest BCUT2D eigenvalue weighted by Gasteiger charge is 2.11. The molecule has 0 aliphatic carbocycles. The molecule has 1 aromatic rings. The van der Waals surface area contributed by atoms with Gasteiger partial charge < -0.3 is 10.3 Å². The van der Waals surface area contributed by atoms with E-state index < -0.39 is 5.91 Å². The molecule has 17 heavy (non-hydrogen) atoms. The molecule has 0 saturated carbocycles. The van der Waals surface area contributed by atoms with Gasteiger partial charge in [0.25, 0.3) is 0 Å². The smallest absolute Gasteiger partial charge is 0.246 e. The fraction of sp³-hybridized carbons (Fsp3) is 0.500. The molecular weight excluding hydrogens is 226 g/mol. The summed E-state index contributed by atoms with van der Waals surface area (Å²) < 4.78 is 4.97. The summed E-state index contributed by atoms with van der Waals surface area (Å²) in [7, 11) is 0. The molecule has 0 atom stereocenters. The van der Waals surface area contributed by atoms with Gasteiger partial charge >= 0.3 is 0 Å². The Balaban J connectivity index is 2.31. The van der Waals surface area contributed by atoms with Crippen molar-refractivity contribution in [1.29, 1.82) is 0 Å². The van der Waals surface area contributed by atoms with E-state index in [4.69, 9.17) is 10.3 Å². The fourth-order valence-electron chi connectivity index (χ4n) is 1.34. The van der Waals surface area contributed by atoms with E-state index in [0.29, 0.717) is 12.2 Å². The topological polar surface area (TPSA) is 107 Å². The maximum absolute atomic E-state index is 11.3. The highest BCUT2D eigenvalue weighted by molar-refractivity contribution is 5.77. The monoisotopic (exact) mass is 241 g/mol. The predicted molar refractivity (Wildman–Crippen MR) is 57.6 cm³/mol. The van der Waals surface area contributed by atoms with Crippen molar-refractivity contribution < 1.29 is 18.9 Å². The van der Waals surface area contributed by atoms with Crippen LogP contribution in [0.25, 0.3) is 0 Å². The van der Waals surface area contributed by atoms with Crippen molar-refractivity contribution >= 4 is 11.8 Å². The van der Waals surface area contributed by atoms with Gasteiger partial charge in [0.1, 0.15) is 5.76 Å². The maximum Gasteiger partial charge on any atom is 0.246 e. The van der Waals surface area contributed by atoms with Crippen molar-refractivity contribution in [3.05, 3.63) is 17.0 Å². The maximum atomic E-state index is 11.3. The van der Waals surface area contributed by atoms with E-state index in [9.17, 15) is 9.59 Å². The molecule has 3 N–H and O–H groups in total. The Hall–Kier alpha value is -1.89. The summed E-state index contributed by atoms with van der Waals surface area (Å²) in [4.78, 5) is 26.2. The molecule has 0 aliphatic rings. The van der Waals surface area contributed by atoms with Crippen molar-refractivity contribution in [2.75, 3.05) is 6.61 Å². The van der Waals surface area contributed by atoms with Crippen LogP contribution >= 0.6 is 0 Å². The van der Waals surface area contributed by atoms with Gasteiger partial charge in [-0.15, -0.1) is 0 Å². The first-order valence-corrected chi connectivity index (χ1v) is 5.11. The molecule has 0 aliphatic heterocycles. The Labute approximate surface area is 98.2 Å². The van der Waals surface area contributed by atoms with Crippen LogP contribution in [0.3, 0.4) is 0 Å². The quantitative estimate of drug-likeness (QED) is 0.668. The highest BCUT2D eigenvalue weighted by Crippen LogP contribution is 2.13. The molecule has 0 unspecified atom stereocenters. The van der Waals surface area contributed by atoms with Crippen LogP contribution in [0.15, 0.2) is 4.52 Å². The van der Waals surface area contributed by atoms with Crippen LogP contribution < -0.4 is 11.2 Å². The zero-order chi connectivity index (χ0) is 12.8. The molecule has 0 spiro atoms. The van der Waals surface area contributed by atoms with Crippen LogP contribution in [0.4, 0.5) is 0 Å². The number of hydroxylamine groups is 1. The van der Waals surface area contributed by atoms with Crippen LogP contribution in [0.1, 0.15) is 23.4 Å². The first-order valence-electron chi connectivity index (χ1n) is 5.11. The second kappa shape index (κ2) is 6.00. The lowest BCUT2D eigenvalue weighted by Crippen LogP contribution is -2.29. The molecule has 0 saturated heterocycles. The molecule has 1 rings (SSSR count). The number of rotatable bonds is 6. The van der Waals surface area contributed by atoms with Gasteiger partial charge in [-0.3, -0.25) is 14.4 Å². The number of nitrogens with one attached hydrogen (secondary N) is 1. The second-order valence-corrected chi connectivity index (χ2v) is 3.58. The molecule has 2 amide bonds. The minimum Gasteiger partial charge on any atom is -0.368 e. The van der Waals surface area contributed by atoms with E-state index in [2.05, 4.69) is 15.5 Å². The standard InChI is InChI=1S/C10H15N3O4/c1-6-8(7(2)17-12-6)3-4-10(15)13-16-5-9(11)14/h3-5H2,1-2H3,(H2,11,14)(H,13,15). The molecule has 0 radical (unpaired) electrons. The first-order chi connectivity index (χ1) is 8.00. The minimum atomic E-state index is -0.643. The Kier molecular flexibility index (Phi) is 4.65. The van der Waals surface area contributed by atoms with Crippen molar-refractivity contribution in [3.8, 4) is 0 Å². The lowest BCUT2D eigenvalue weighted by atomic mass is 10.1. The van der Waals surface area contributed by atoms with Crippen molar-refractivity contribution in [1.82, 2.24) is 10.6 Å². The van der Waals surface area contributed by atoms with E-state index in [1.807, 2.05) is 6.92 Å². The third-order valence-electron chi connectivity index (χ3n) is 2.18. The molecule has 94 valence electrons. The van der Waals surface area contributed by atoms with Crippen LogP contribution in [-0.2, 0) is 20.8 Å². The van der Waals surface area contributed by atoms with Gasteiger partial charge in [0, 0.05) is 12.0 Å². The second-order valence-electron chi connectivity index (χ2n) is 3.58. The van der Waals surface area contributed by atoms with E-state index in [0.717, 1.165) is 11.3 Å². The SMILES string of the molecule is Cc1noc(C)c1CCC(=O)NOCC(N)=O. The third-order valence-corrected chi connectivity index (χ3v) is 2.18. The van der Waals surface area contributed by atoms with E-state index in [-0.39, 0.29) is 18.9 Å². The zero-order valence-corrected chi connectivity index (χ0v) is 9.78. The number of hydrogen-bond donors (Lipinski definition) is 2. The third kappa shape index (κ3) is 4.23. The number of hydrogen-bond acceptors (Lipinski definition) is 5. The predicted octanol–water partition coefficient (Wildman–Crippen LogP) is -0.243. The van der Waals surface area contributed by atoms with Crippen molar-refractivity contribution in [2.24, 2.45) is 5.73 Å². The van der Waals surface area contributed by atoms with Gasteiger partial charge in [-0.2, -0.15) is 0 Å². The van der Waals surface area contributed by atoms with Gasteiger partial charge in [0.05, 0.1) is 5.69 Å². The van der Waals surface area contributed by atoms with E-state index in [1.54, 1.807) is 6.92 Å². The lowest BCUT2D eigenvalue weighted by molar-refractivity contribution is -0.137.